The minimum absolute atomic E-state index is 0.0150. The molecule has 1 amide bonds. The Bertz CT molecular complexity index is 1360. The summed E-state index contributed by atoms with van der Waals surface area (Å²) >= 11 is 5.80. The Kier molecular flexibility index (Phi) is 9.40. The van der Waals surface area contributed by atoms with Crippen molar-refractivity contribution >= 4 is 50.1 Å². The Labute approximate surface area is 230 Å². The van der Waals surface area contributed by atoms with Crippen molar-refractivity contribution in [1.82, 2.24) is 4.72 Å². The molecule has 0 radical (unpaired) electrons. The molecule has 2 N–H and O–H groups in total. The smallest absolute Gasteiger partial charge is 0.427 e. The lowest BCUT2D eigenvalue weighted by molar-refractivity contribution is -0.242. The molecule has 0 bridgehead atoms. The van der Waals surface area contributed by atoms with Gasteiger partial charge in [0.2, 0.25) is 5.60 Å². The van der Waals surface area contributed by atoms with Crippen LogP contribution >= 0.6 is 11.6 Å². The lowest BCUT2D eigenvalue weighted by Gasteiger charge is -2.36. The molecule has 2 aromatic rings. The molecule has 1 aliphatic heterocycles. The maximum atomic E-state index is 13.7. The van der Waals surface area contributed by atoms with E-state index in [-0.39, 0.29) is 35.1 Å². The van der Waals surface area contributed by atoms with E-state index in [1.165, 1.54) is 18.2 Å². The van der Waals surface area contributed by atoms with Gasteiger partial charge < -0.3 is 9.47 Å². The summed E-state index contributed by atoms with van der Waals surface area (Å²) in [4.78, 5) is 11.8. The van der Waals surface area contributed by atoms with Crippen LogP contribution in [0, 0.1) is 5.82 Å². The molecule has 1 aliphatic rings. The number of carbonyl (C=O) groups is 1. The number of benzene rings is 2. The molecule has 1 unspecified atom stereocenters. The van der Waals surface area contributed by atoms with Crippen molar-refractivity contribution in [1.29, 1.82) is 0 Å². The molecule has 39 heavy (non-hydrogen) atoms. The molecule has 2 aromatic carbocycles. The number of hydrogen-bond acceptors (Lipinski definition) is 6. The van der Waals surface area contributed by atoms with E-state index < -0.39 is 55.8 Å². The first-order valence-electron chi connectivity index (χ1n) is 11.5. The molecule has 16 heteroatoms. The topological polar surface area (TPSA) is 114 Å². The van der Waals surface area contributed by atoms with Crippen LogP contribution in [0.15, 0.2) is 41.3 Å². The quantitative estimate of drug-likeness (QED) is 0.384. The Morgan fingerprint density at radius 3 is 2.54 bits per heavy atom. The maximum absolute atomic E-state index is 13.7. The number of amides is 1. The van der Waals surface area contributed by atoms with Gasteiger partial charge in [-0.3, -0.25) is 9.62 Å². The van der Waals surface area contributed by atoms with E-state index >= 15 is 0 Å². The van der Waals surface area contributed by atoms with E-state index in [0.717, 1.165) is 22.5 Å². The number of hydrogen-bond donors (Lipinski definition) is 2. The minimum atomic E-state index is -4.83. The standard InChI is InChI=1S/C23H26ClF4N3O6S2/c1-4-9-38(33)29-12-15-13-31(39(34,35)16-6-7-18(25)17(24)11-16)19-10-14(5-8-20(19)36-15)30-21(32)37-22(2,3)23(26,27)28/h5-8,10-11,15,29H,4,9,12-13H2,1-3H3,(H,30,32)/t15-,38?/m0/s1. The van der Waals surface area contributed by atoms with Crippen LogP contribution in [0.1, 0.15) is 27.2 Å². The number of sulfonamides is 1. The summed E-state index contributed by atoms with van der Waals surface area (Å²) in [6.45, 7) is 2.94. The molecule has 0 saturated carbocycles. The van der Waals surface area contributed by atoms with Crippen molar-refractivity contribution in [2.45, 2.75) is 50.0 Å². The predicted octanol–water partition coefficient (Wildman–Crippen LogP) is 4.99. The molecular formula is C23H26ClF4N3O6S2. The van der Waals surface area contributed by atoms with Crippen LogP contribution in [-0.2, 0) is 25.7 Å². The molecule has 0 fully saturated rings. The fraction of sp³-hybridized carbons (Fsp3) is 0.435. The highest BCUT2D eigenvalue weighted by Gasteiger charge is 2.51. The molecule has 0 aromatic heterocycles. The van der Waals surface area contributed by atoms with Gasteiger partial charge in [-0.25, -0.2) is 26.5 Å². The normalized spacial score (nSPS) is 16.7. The fourth-order valence-corrected chi connectivity index (χ4v) is 6.02. The second-order valence-electron chi connectivity index (χ2n) is 8.96. The van der Waals surface area contributed by atoms with Crippen molar-refractivity contribution < 1.29 is 44.5 Å². The average Bonchev–Trinajstić information content (AvgIpc) is 2.83. The largest absolute Gasteiger partial charge is 0.485 e. The molecular weight excluding hydrogens is 590 g/mol. The Morgan fingerprint density at radius 1 is 1.23 bits per heavy atom. The second kappa shape index (κ2) is 11.9. The monoisotopic (exact) mass is 615 g/mol. The second-order valence-corrected chi connectivity index (χ2v) is 12.6. The molecule has 3 rings (SSSR count). The van der Waals surface area contributed by atoms with Crippen LogP contribution in [0.2, 0.25) is 5.02 Å². The van der Waals surface area contributed by atoms with E-state index in [4.69, 9.17) is 16.3 Å². The summed E-state index contributed by atoms with van der Waals surface area (Å²) < 4.78 is 106. The van der Waals surface area contributed by atoms with Crippen LogP contribution in [0.5, 0.6) is 5.75 Å². The Morgan fingerprint density at radius 2 is 1.92 bits per heavy atom. The molecule has 0 saturated heterocycles. The van der Waals surface area contributed by atoms with E-state index in [0.29, 0.717) is 26.0 Å². The third-order valence-electron chi connectivity index (χ3n) is 5.51. The lowest BCUT2D eigenvalue weighted by atomic mass is 10.1. The first kappa shape index (κ1) is 30.9. The summed E-state index contributed by atoms with van der Waals surface area (Å²) in [6, 6.07) is 6.62. The summed E-state index contributed by atoms with van der Waals surface area (Å²) in [5.41, 5.74) is -2.93. The van der Waals surface area contributed by atoms with Crippen molar-refractivity contribution in [2.75, 3.05) is 28.5 Å². The van der Waals surface area contributed by atoms with Crippen molar-refractivity contribution in [2.24, 2.45) is 0 Å². The van der Waals surface area contributed by atoms with Crippen molar-refractivity contribution in [3.05, 3.63) is 47.2 Å². The van der Waals surface area contributed by atoms with Gasteiger partial charge in [-0.05, 0) is 56.7 Å². The highest BCUT2D eigenvalue weighted by atomic mass is 35.5. The van der Waals surface area contributed by atoms with Crippen LogP contribution in [0.4, 0.5) is 33.7 Å². The van der Waals surface area contributed by atoms with Crippen LogP contribution in [0.25, 0.3) is 0 Å². The number of halogens is 5. The number of alkyl halides is 3. The Hall–Kier alpha value is -2.62. The number of carbonyl (C=O) groups excluding carboxylic acids is 1. The first-order chi connectivity index (χ1) is 18.0. The van der Waals surface area contributed by atoms with Crippen molar-refractivity contribution in [3.63, 3.8) is 0 Å². The third kappa shape index (κ3) is 7.32. The summed E-state index contributed by atoms with van der Waals surface area (Å²) in [7, 11) is -5.76. The highest BCUT2D eigenvalue weighted by molar-refractivity contribution is 7.92. The van der Waals surface area contributed by atoms with Gasteiger partial charge in [-0.1, -0.05) is 18.5 Å². The molecule has 216 valence electrons. The number of nitrogens with zero attached hydrogens (tertiary/aromatic N) is 1. The molecule has 0 spiro atoms. The molecule has 1 heterocycles. The number of anilines is 2. The van der Waals surface area contributed by atoms with E-state index in [9.17, 15) is 35.0 Å². The number of ether oxygens (including phenoxy) is 2. The maximum Gasteiger partial charge on any atom is 0.427 e. The number of fused-ring (bicyclic) bond motifs is 1. The zero-order valence-electron chi connectivity index (χ0n) is 21.0. The van der Waals surface area contributed by atoms with Gasteiger partial charge in [0.15, 0.2) is 0 Å². The number of rotatable bonds is 9. The van der Waals surface area contributed by atoms with Crippen LogP contribution in [0.3, 0.4) is 0 Å². The predicted molar refractivity (Wildman–Crippen MR) is 138 cm³/mol. The molecule has 9 nitrogen and oxygen atoms in total. The fourth-order valence-electron chi connectivity index (χ4n) is 3.36. The Balaban J connectivity index is 1.95. The first-order valence-corrected chi connectivity index (χ1v) is 14.7. The van der Waals surface area contributed by atoms with Gasteiger partial charge in [-0.2, -0.15) is 13.2 Å². The summed E-state index contributed by atoms with van der Waals surface area (Å²) in [5, 5.41) is 1.72. The number of nitrogens with one attached hydrogen (secondary N) is 2. The van der Waals surface area contributed by atoms with Gasteiger partial charge in [0, 0.05) is 18.0 Å². The lowest BCUT2D eigenvalue weighted by Crippen LogP contribution is -2.48. The van der Waals surface area contributed by atoms with Gasteiger partial charge in [0.05, 0.1) is 33.1 Å². The van der Waals surface area contributed by atoms with Crippen LogP contribution < -0.4 is 19.1 Å². The van der Waals surface area contributed by atoms with Gasteiger partial charge in [0.25, 0.3) is 10.0 Å². The average molecular weight is 616 g/mol. The SMILES string of the molecule is CCCS(=O)NC[C@H]1CN(S(=O)(=O)c2ccc(F)c(Cl)c2)c2cc(NC(=O)OC(C)(C)C(F)(F)F)ccc2O1. The third-order valence-corrected chi connectivity index (χ3v) is 8.84. The minimum Gasteiger partial charge on any atom is -0.485 e. The zero-order valence-corrected chi connectivity index (χ0v) is 23.4. The zero-order chi connectivity index (χ0) is 29.2. The summed E-state index contributed by atoms with van der Waals surface area (Å²) in [6.07, 6.45) is -6.41. The van der Waals surface area contributed by atoms with E-state index in [1.807, 2.05) is 6.92 Å². The van der Waals surface area contributed by atoms with Gasteiger partial charge >= 0.3 is 12.3 Å². The van der Waals surface area contributed by atoms with E-state index in [2.05, 4.69) is 14.8 Å². The van der Waals surface area contributed by atoms with E-state index in [1.54, 1.807) is 0 Å². The summed E-state index contributed by atoms with van der Waals surface area (Å²) in [5.74, 6) is -0.402. The molecule has 0 aliphatic carbocycles. The van der Waals surface area contributed by atoms with Crippen LogP contribution in [-0.4, -0.2) is 55.4 Å². The van der Waals surface area contributed by atoms with Gasteiger partial charge in [-0.15, -0.1) is 0 Å². The van der Waals surface area contributed by atoms with Crippen molar-refractivity contribution in [3.8, 4) is 5.75 Å². The van der Waals surface area contributed by atoms with Gasteiger partial charge in [0.1, 0.15) is 17.7 Å². The molecule has 2 atom stereocenters. The highest BCUT2D eigenvalue weighted by Crippen LogP contribution is 2.40.